The molecule has 0 radical (unpaired) electrons. The number of aliphatic carboxylic acids is 1. The molecule has 2 aromatic carbocycles. The van der Waals surface area contributed by atoms with Crippen molar-refractivity contribution in [2.75, 3.05) is 7.11 Å². The summed E-state index contributed by atoms with van der Waals surface area (Å²) in [6.07, 6.45) is -1.15. The number of nitrogens with zero attached hydrogens (tertiary/aromatic N) is 2. The maximum absolute atomic E-state index is 13.3. The fourth-order valence-corrected chi connectivity index (χ4v) is 4.75. The van der Waals surface area contributed by atoms with Gasteiger partial charge in [0.05, 0.1) is 24.0 Å². The molecule has 144 valence electrons. The van der Waals surface area contributed by atoms with Crippen molar-refractivity contribution in [2.45, 2.75) is 26.1 Å². The molecule has 0 spiro atoms. The van der Waals surface area contributed by atoms with Crippen LogP contribution in [-0.2, 0) is 16.1 Å². The second-order valence-electron chi connectivity index (χ2n) is 6.72. The molecule has 0 saturated heterocycles. The number of hydrogen-bond acceptors (Lipinski definition) is 4. The molecule has 2 heterocycles. The van der Waals surface area contributed by atoms with E-state index in [4.69, 9.17) is 4.74 Å². The van der Waals surface area contributed by atoms with Gasteiger partial charge in [0.1, 0.15) is 6.23 Å². The number of aryl methyl sites for hydroxylation is 1. The van der Waals surface area contributed by atoms with Crippen LogP contribution in [0.15, 0.2) is 52.6 Å². The van der Waals surface area contributed by atoms with Crippen molar-refractivity contribution in [3.05, 3.63) is 69.5 Å². The quantitative estimate of drug-likeness (QED) is 0.535. The topological polar surface area (TPSA) is 73.5 Å². The highest BCUT2D eigenvalue weighted by atomic mass is 32.1. The van der Waals surface area contributed by atoms with Crippen molar-refractivity contribution in [1.29, 1.82) is 0 Å². The monoisotopic (exact) mass is 396 g/mol. The Morgan fingerprint density at radius 1 is 1.18 bits per heavy atom. The third kappa shape index (κ3) is 3.02. The first kappa shape index (κ1) is 18.5. The van der Waals surface area contributed by atoms with Crippen LogP contribution in [0.3, 0.4) is 0 Å². The molecule has 0 aliphatic carbocycles. The zero-order chi connectivity index (χ0) is 19.8. The number of carboxylic acids is 1. The lowest BCUT2D eigenvalue weighted by Gasteiger charge is -2.14. The van der Waals surface area contributed by atoms with E-state index in [9.17, 15) is 14.7 Å². The van der Waals surface area contributed by atoms with E-state index in [1.54, 1.807) is 15.9 Å². The second kappa shape index (κ2) is 7.26. The van der Waals surface area contributed by atoms with Crippen molar-refractivity contribution in [2.24, 2.45) is 0 Å². The number of para-hydroxylation sites is 2. The summed E-state index contributed by atoms with van der Waals surface area (Å²) in [5.74, 6) is -1.02. The predicted molar refractivity (Wildman–Crippen MR) is 110 cm³/mol. The van der Waals surface area contributed by atoms with Gasteiger partial charge in [-0.15, -0.1) is 11.3 Å². The summed E-state index contributed by atoms with van der Waals surface area (Å²) >= 11 is 1.66. The molecule has 0 amide bonds. The van der Waals surface area contributed by atoms with Gasteiger partial charge in [0.25, 0.3) is 0 Å². The number of hydrogen-bond donors (Lipinski definition) is 1. The number of methoxy groups -OCH3 is 1. The highest BCUT2D eigenvalue weighted by molar-refractivity contribution is 7.17. The minimum absolute atomic E-state index is 0.276. The van der Waals surface area contributed by atoms with Crippen molar-refractivity contribution < 1.29 is 14.6 Å². The van der Waals surface area contributed by atoms with Gasteiger partial charge < -0.3 is 9.84 Å². The van der Waals surface area contributed by atoms with Crippen LogP contribution < -0.4 is 5.69 Å². The Balaban J connectivity index is 1.89. The van der Waals surface area contributed by atoms with E-state index < -0.39 is 12.2 Å². The van der Waals surface area contributed by atoms with Gasteiger partial charge in [-0.05, 0) is 41.6 Å². The van der Waals surface area contributed by atoms with Crippen LogP contribution in [0.2, 0.25) is 0 Å². The lowest BCUT2D eigenvalue weighted by atomic mass is 10.1. The number of ether oxygens (including phenoxy) is 1. The molecule has 0 aliphatic rings. The highest BCUT2D eigenvalue weighted by Gasteiger charge is 2.23. The van der Waals surface area contributed by atoms with Crippen LogP contribution in [-0.4, -0.2) is 27.3 Å². The number of carboxylic acid groups (broad SMARTS) is 1. The number of carbonyl (C=O) groups is 1. The summed E-state index contributed by atoms with van der Waals surface area (Å²) in [4.78, 5) is 24.5. The van der Waals surface area contributed by atoms with Crippen molar-refractivity contribution in [3.63, 3.8) is 0 Å². The van der Waals surface area contributed by atoms with E-state index in [0.717, 1.165) is 11.1 Å². The Hall–Kier alpha value is -2.90. The molecule has 7 heteroatoms. The third-order valence-corrected chi connectivity index (χ3v) is 5.99. The molecule has 1 N–H and O–H groups in total. The van der Waals surface area contributed by atoms with Gasteiger partial charge in [-0.3, -0.25) is 13.9 Å². The Labute approximate surface area is 165 Å². The Kier molecular flexibility index (Phi) is 4.78. The molecule has 0 fully saturated rings. The van der Waals surface area contributed by atoms with Crippen LogP contribution in [0.25, 0.3) is 21.1 Å². The second-order valence-corrected chi connectivity index (χ2v) is 7.64. The summed E-state index contributed by atoms with van der Waals surface area (Å²) in [5, 5.41) is 12.5. The largest absolute Gasteiger partial charge is 0.481 e. The summed E-state index contributed by atoms with van der Waals surface area (Å²) < 4.78 is 9.66. The SMILES string of the molecule is COC(CC(=O)O)n1c(=O)n(Cc2csc3cccc(C)c23)c2ccccc21. The molecular weight excluding hydrogens is 376 g/mol. The first-order valence-corrected chi connectivity index (χ1v) is 9.79. The molecule has 4 rings (SSSR count). The Bertz CT molecular complexity index is 1230. The van der Waals surface area contributed by atoms with Gasteiger partial charge >= 0.3 is 11.7 Å². The third-order valence-electron chi connectivity index (χ3n) is 4.99. The van der Waals surface area contributed by atoms with E-state index in [1.165, 1.54) is 27.3 Å². The number of aromatic nitrogens is 2. The maximum Gasteiger partial charge on any atom is 0.331 e. The predicted octanol–water partition coefficient (Wildman–Crippen LogP) is 3.99. The first-order valence-electron chi connectivity index (χ1n) is 8.91. The number of rotatable bonds is 6. The molecule has 2 aromatic heterocycles. The van der Waals surface area contributed by atoms with Crippen molar-refractivity contribution >= 4 is 38.4 Å². The molecule has 6 nitrogen and oxygen atoms in total. The zero-order valence-corrected chi connectivity index (χ0v) is 16.4. The number of benzene rings is 2. The fourth-order valence-electron chi connectivity index (χ4n) is 3.72. The van der Waals surface area contributed by atoms with Gasteiger partial charge in [0, 0.05) is 17.2 Å². The fraction of sp³-hybridized carbons (Fsp3) is 0.238. The molecule has 1 unspecified atom stereocenters. The number of imidazole rings is 1. The van der Waals surface area contributed by atoms with E-state index in [1.807, 2.05) is 30.3 Å². The van der Waals surface area contributed by atoms with Crippen LogP contribution in [0.5, 0.6) is 0 Å². The van der Waals surface area contributed by atoms with Gasteiger partial charge in [-0.2, -0.15) is 0 Å². The lowest BCUT2D eigenvalue weighted by Crippen LogP contribution is -2.29. The van der Waals surface area contributed by atoms with Crippen LogP contribution in [0.4, 0.5) is 0 Å². The molecule has 4 aromatic rings. The standard InChI is InChI=1S/C21H20N2O4S/c1-13-6-5-9-17-20(13)14(12-28-17)11-22-15-7-3-4-8-16(15)23(21(22)26)18(27-2)10-19(24)25/h3-9,12,18H,10-11H2,1-2H3,(H,24,25). The van der Waals surface area contributed by atoms with Gasteiger partial charge in [0.15, 0.2) is 0 Å². The van der Waals surface area contributed by atoms with E-state index in [-0.39, 0.29) is 12.1 Å². The van der Waals surface area contributed by atoms with E-state index in [2.05, 4.69) is 24.4 Å². The number of thiophene rings is 1. The Morgan fingerprint density at radius 2 is 1.93 bits per heavy atom. The van der Waals surface area contributed by atoms with Crippen molar-refractivity contribution in [1.82, 2.24) is 9.13 Å². The molecule has 0 bridgehead atoms. The molecule has 0 saturated carbocycles. The summed E-state index contributed by atoms with van der Waals surface area (Å²) in [5.41, 5.74) is 3.40. The van der Waals surface area contributed by atoms with Gasteiger partial charge in [-0.1, -0.05) is 24.3 Å². The normalized spacial score (nSPS) is 12.6. The summed E-state index contributed by atoms with van der Waals surface area (Å²) in [6, 6.07) is 13.6. The summed E-state index contributed by atoms with van der Waals surface area (Å²) in [7, 11) is 1.42. The zero-order valence-electron chi connectivity index (χ0n) is 15.6. The average molecular weight is 396 g/mol. The molecule has 28 heavy (non-hydrogen) atoms. The van der Waals surface area contributed by atoms with Crippen molar-refractivity contribution in [3.8, 4) is 0 Å². The smallest absolute Gasteiger partial charge is 0.331 e. The average Bonchev–Trinajstić information content (AvgIpc) is 3.21. The van der Waals surface area contributed by atoms with Crippen LogP contribution >= 0.6 is 11.3 Å². The van der Waals surface area contributed by atoms with Crippen LogP contribution in [0.1, 0.15) is 23.8 Å². The number of fused-ring (bicyclic) bond motifs is 2. The molecule has 1 atom stereocenters. The lowest BCUT2D eigenvalue weighted by molar-refractivity contribution is -0.141. The molecular formula is C21H20N2O4S. The van der Waals surface area contributed by atoms with Crippen LogP contribution in [0, 0.1) is 6.92 Å². The minimum atomic E-state index is -1.02. The first-order chi connectivity index (χ1) is 13.5. The maximum atomic E-state index is 13.3. The minimum Gasteiger partial charge on any atom is -0.481 e. The van der Waals surface area contributed by atoms with Gasteiger partial charge in [0.2, 0.25) is 0 Å². The van der Waals surface area contributed by atoms with E-state index in [0.29, 0.717) is 12.1 Å². The summed E-state index contributed by atoms with van der Waals surface area (Å²) in [6.45, 7) is 2.49. The Morgan fingerprint density at radius 3 is 2.64 bits per heavy atom. The molecule has 0 aliphatic heterocycles. The van der Waals surface area contributed by atoms with Gasteiger partial charge in [-0.25, -0.2) is 4.79 Å². The van der Waals surface area contributed by atoms with E-state index >= 15 is 0 Å². The highest BCUT2D eigenvalue weighted by Crippen LogP contribution is 2.30.